The van der Waals surface area contributed by atoms with Crippen LogP contribution in [-0.2, 0) is 16.1 Å². The van der Waals surface area contributed by atoms with Gasteiger partial charge in [0.15, 0.2) is 0 Å². The van der Waals surface area contributed by atoms with Crippen LogP contribution in [0.15, 0.2) is 48.5 Å². The van der Waals surface area contributed by atoms with E-state index in [1.165, 1.54) is 0 Å². The molecule has 0 aliphatic carbocycles. The second kappa shape index (κ2) is 8.38. The predicted molar refractivity (Wildman–Crippen MR) is 110 cm³/mol. The van der Waals surface area contributed by atoms with Gasteiger partial charge >= 0.3 is 0 Å². The van der Waals surface area contributed by atoms with Crippen LogP contribution >= 0.6 is 0 Å². The van der Waals surface area contributed by atoms with Gasteiger partial charge in [0.2, 0.25) is 11.8 Å². The first-order valence-corrected chi connectivity index (χ1v) is 9.37. The van der Waals surface area contributed by atoms with Gasteiger partial charge in [-0.2, -0.15) is 0 Å². The van der Waals surface area contributed by atoms with Gasteiger partial charge in [-0.3, -0.25) is 9.59 Å². The van der Waals surface area contributed by atoms with Gasteiger partial charge in [-0.1, -0.05) is 42.5 Å². The quantitative estimate of drug-likeness (QED) is 0.753. The predicted octanol–water partition coefficient (Wildman–Crippen LogP) is 4.71. The molecule has 0 aliphatic heterocycles. The Morgan fingerprint density at radius 3 is 2.22 bits per heavy atom. The number of carbonyl (C=O) groups is 2. The molecule has 0 bridgehead atoms. The minimum Gasteiger partial charge on any atom is -0.335 e. The van der Waals surface area contributed by atoms with E-state index in [1.54, 1.807) is 18.7 Å². The average Bonchev–Trinajstić information content (AvgIpc) is 2.63. The van der Waals surface area contributed by atoms with Gasteiger partial charge in [-0.25, -0.2) is 0 Å². The SMILES string of the molecule is Cc1cccc(NC(=O)C(C)(C)C(=O)N(Cc2ccccc2)C(C)C)c1C. The molecule has 0 saturated heterocycles. The van der Waals surface area contributed by atoms with Crippen molar-refractivity contribution in [2.75, 3.05) is 5.32 Å². The maximum absolute atomic E-state index is 13.3. The Kier molecular flexibility index (Phi) is 6.42. The number of hydrogen-bond acceptors (Lipinski definition) is 2. The Balaban J connectivity index is 2.22. The summed E-state index contributed by atoms with van der Waals surface area (Å²) in [7, 11) is 0. The fourth-order valence-electron chi connectivity index (χ4n) is 2.89. The van der Waals surface area contributed by atoms with Crippen molar-refractivity contribution < 1.29 is 9.59 Å². The molecule has 1 N–H and O–H groups in total. The van der Waals surface area contributed by atoms with Crippen molar-refractivity contribution in [3.05, 3.63) is 65.2 Å². The van der Waals surface area contributed by atoms with E-state index >= 15 is 0 Å². The molecule has 2 aromatic carbocycles. The van der Waals surface area contributed by atoms with E-state index in [1.807, 2.05) is 76.2 Å². The van der Waals surface area contributed by atoms with Crippen molar-refractivity contribution in [2.24, 2.45) is 5.41 Å². The van der Waals surface area contributed by atoms with E-state index in [9.17, 15) is 9.59 Å². The molecule has 4 heteroatoms. The third-order valence-corrected chi connectivity index (χ3v) is 5.04. The Morgan fingerprint density at radius 2 is 1.63 bits per heavy atom. The molecule has 0 radical (unpaired) electrons. The summed E-state index contributed by atoms with van der Waals surface area (Å²) in [4.78, 5) is 28.0. The van der Waals surface area contributed by atoms with E-state index in [2.05, 4.69) is 5.32 Å². The first kappa shape index (κ1) is 20.7. The van der Waals surface area contributed by atoms with E-state index < -0.39 is 5.41 Å². The third kappa shape index (κ3) is 4.76. The zero-order chi connectivity index (χ0) is 20.2. The number of carbonyl (C=O) groups excluding carboxylic acids is 2. The van der Waals surface area contributed by atoms with Gasteiger partial charge in [-0.15, -0.1) is 0 Å². The summed E-state index contributed by atoms with van der Waals surface area (Å²) in [5, 5.41) is 2.94. The first-order chi connectivity index (χ1) is 12.6. The standard InChI is InChI=1S/C23H30N2O2/c1-16(2)25(15-19-12-8-7-9-13-19)22(27)23(5,6)21(26)24-20-14-10-11-17(3)18(20)4/h7-14,16H,15H2,1-6H3,(H,24,26). The first-order valence-electron chi connectivity index (χ1n) is 9.37. The highest BCUT2D eigenvalue weighted by Crippen LogP contribution is 2.26. The third-order valence-electron chi connectivity index (χ3n) is 5.04. The van der Waals surface area contributed by atoms with Crippen LogP contribution in [-0.4, -0.2) is 22.8 Å². The Labute approximate surface area is 162 Å². The van der Waals surface area contributed by atoms with Crippen LogP contribution in [0.5, 0.6) is 0 Å². The van der Waals surface area contributed by atoms with Crippen LogP contribution in [0.1, 0.15) is 44.4 Å². The van der Waals surface area contributed by atoms with Gasteiger partial charge < -0.3 is 10.2 Å². The van der Waals surface area contributed by atoms with Gasteiger partial charge in [-0.05, 0) is 64.3 Å². The molecule has 2 amide bonds. The molecular weight excluding hydrogens is 336 g/mol. The molecule has 0 unspecified atom stereocenters. The zero-order valence-electron chi connectivity index (χ0n) is 17.2. The summed E-state index contributed by atoms with van der Waals surface area (Å²) < 4.78 is 0. The number of aryl methyl sites for hydroxylation is 1. The fraction of sp³-hybridized carbons (Fsp3) is 0.391. The topological polar surface area (TPSA) is 49.4 Å². The zero-order valence-corrected chi connectivity index (χ0v) is 17.2. The molecule has 0 spiro atoms. The van der Waals surface area contributed by atoms with E-state index in [0.29, 0.717) is 6.54 Å². The maximum Gasteiger partial charge on any atom is 0.239 e. The minimum absolute atomic E-state index is 0.00881. The molecule has 144 valence electrons. The van der Waals surface area contributed by atoms with Crippen molar-refractivity contribution in [2.45, 2.75) is 54.1 Å². The van der Waals surface area contributed by atoms with E-state index in [0.717, 1.165) is 22.4 Å². The molecule has 27 heavy (non-hydrogen) atoms. The maximum atomic E-state index is 13.3. The molecule has 2 aromatic rings. The lowest BCUT2D eigenvalue weighted by molar-refractivity contribution is -0.148. The molecular formula is C23H30N2O2. The molecule has 0 atom stereocenters. The number of nitrogens with zero attached hydrogens (tertiary/aromatic N) is 1. The lowest BCUT2D eigenvalue weighted by Crippen LogP contribution is -2.49. The molecule has 0 saturated carbocycles. The Bertz CT molecular complexity index is 810. The molecule has 0 heterocycles. The summed E-state index contributed by atoms with van der Waals surface area (Å²) >= 11 is 0. The van der Waals surface area contributed by atoms with Crippen molar-refractivity contribution in [1.82, 2.24) is 4.90 Å². The molecule has 0 aromatic heterocycles. The highest BCUT2D eigenvalue weighted by Gasteiger charge is 2.40. The van der Waals surface area contributed by atoms with E-state index in [4.69, 9.17) is 0 Å². The molecule has 0 aliphatic rings. The number of benzene rings is 2. The summed E-state index contributed by atoms with van der Waals surface area (Å²) in [5.41, 5.74) is 2.74. The van der Waals surface area contributed by atoms with Crippen molar-refractivity contribution in [3.8, 4) is 0 Å². The minimum atomic E-state index is -1.17. The lowest BCUT2D eigenvalue weighted by Gasteiger charge is -2.34. The van der Waals surface area contributed by atoms with Crippen LogP contribution in [0.2, 0.25) is 0 Å². The van der Waals surface area contributed by atoms with Gasteiger partial charge in [0.1, 0.15) is 5.41 Å². The molecule has 0 fully saturated rings. The average molecular weight is 367 g/mol. The summed E-state index contributed by atoms with van der Waals surface area (Å²) in [6.45, 7) is 11.8. The summed E-state index contributed by atoms with van der Waals surface area (Å²) in [6, 6.07) is 15.6. The monoisotopic (exact) mass is 366 g/mol. The van der Waals surface area contributed by atoms with Crippen molar-refractivity contribution >= 4 is 17.5 Å². The number of rotatable bonds is 6. The second-order valence-corrected chi connectivity index (χ2v) is 7.84. The summed E-state index contributed by atoms with van der Waals surface area (Å²) in [5.74, 6) is -0.468. The summed E-state index contributed by atoms with van der Waals surface area (Å²) in [6.07, 6.45) is 0. The van der Waals surface area contributed by atoms with Gasteiger partial charge in [0.05, 0.1) is 0 Å². The second-order valence-electron chi connectivity index (χ2n) is 7.84. The largest absolute Gasteiger partial charge is 0.335 e. The Hall–Kier alpha value is -2.62. The van der Waals surface area contributed by atoms with Crippen LogP contribution in [0.4, 0.5) is 5.69 Å². The Morgan fingerprint density at radius 1 is 1.00 bits per heavy atom. The van der Waals surface area contributed by atoms with Crippen LogP contribution in [0.3, 0.4) is 0 Å². The fourth-order valence-corrected chi connectivity index (χ4v) is 2.89. The molecule has 2 rings (SSSR count). The van der Waals surface area contributed by atoms with Crippen molar-refractivity contribution in [3.63, 3.8) is 0 Å². The normalized spacial score (nSPS) is 11.4. The lowest BCUT2D eigenvalue weighted by atomic mass is 9.89. The van der Waals surface area contributed by atoms with Crippen molar-refractivity contribution in [1.29, 1.82) is 0 Å². The highest BCUT2D eigenvalue weighted by atomic mass is 16.2. The van der Waals surface area contributed by atoms with E-state index in [-0.39, 0.29) is 17.9 Å². The van der Waals surface area contributed by atoms with Crippen LogP contribution in [0.25, 0.3) is 0 Å². The number of anilines is 1. The van der Waals surface area contributed by atoms with Crippen LogP contribution < -0.4 is 5.32 Å². The van der Waals surface area contributed by atoms with Gasteiger partial charge in [0.25, 0.3) is 0 Å². The number of amides is 2. The van der Waals surface area contributed by atoms with Gasteiger partial charge in [0, 0.05) is 18.3 Å². The number of nitrogens with one attached hydrogen (secondary N) is 1. The number of hydrogen-bond donors (Lipinski definition) is 1. The highest BCUT2D eigenvalue weighted by molar-refractivity contribution is 6.10. The smallest absolute Gasteiger partial charge is 0.239 e. The van der Waals surface area contributed by atoms with Crippen LogP contribution in [0, 0.1) is 19.3 Å². The molecule has 4 nitrogen and oxygen atoms in total.